The molecule has 0 radical (unpaired) electrons. The topological polar surface area (TPSA) is 77.3 Å². The quantitative estimate of drug-likeness (QED) is 0.682. The molecule has 1 fully saturated rings. The predicted octanol–water partition coefficient (Wildman–Crippen LogP) is 2.34. The highest BCUT2D eigenvalue weighted by atomic mass is 79.9. The molecule has 92 valence electrons. The van der Waals surface area contributed by atoms with Gasteiger partial charge >= 0.3 is 5.69 Å². The Kier molecular flexibility index (Phi) is 3.90. The summed E-state index contributed by atoms with van der Waals surface area (Å²) in [5.41, 5.74) is -0.0302. The van der Waals surface area contributed by atoms with Gasteiger partial charge < -0.3 is 10.1 Å². The van der Waals surface area contributed by atoms with E-state index >= 15 is 0 Å². The molecular formula is C10H12BrN3O3. The summed E-state index contributed by atoms with van der Waals surface area (Å²) in [6.07, 6.45) is 3.68. The maximum atomic E-state index is 10.8. The molecule has 0 unspecified atom stereocenters. The highest BCUT2D eigenvalue weighted by Gasteiger charge is 2.19. The molecule has 0 spiro atoms. The summed E-state index contributed by atoms with van der Waals surface area (Å²) < 4.78 is 6.02. The van der Waals surface area contributed by atoms with Crippen molar-refractivity contribution >= 4 is 27.4 Å². The maximum absolute atomic E-state index is 10.8. The second-order valence-electron chi connectivity index (χ2n) is 3.79. The molecule has 0 aliphatic carbocycles. The summed E-state index contributed by atoms with van der Waals surface area (Å²) in [6, 6.07) is 1.44. The van der Waals surface area contributed by atoms with Crippen LogP contribution in [0, 0.1) is 10.1 Å². The number of halogens is 1. The number of pyridine rings is 1. The van der Waals surface area contributed by atoms with Crippen LogP contribution >= 0.6 is 15.9 Å². The maximum Gasteiger partial charge on any atom is 0.312 e. The number of nitro groups is 1. The Bertz CT molecular complexity index is 421. The monoisotopic (exact) mass is 301 g/mol. The predicted molar refractivity (Wildman–Crippen MR) is 66.1 cm³/mol. The number of nitrogens with one attached hydrogen (secondary N) is 1. The molecule has 2 heterocycles. The van der Waals surface area contributed by atoms with E-state index in [-0.39, 0.29) is 17.6 Å². The summed E-state index contributed by atoms with van der Waals surface area (Å²) in [5.74, 6) is 0.286. The van der Waals surface area contributed by atoms with Gasteiger partial charge in [-0.3, -0.25) is 10.1 Å². The third kappa shape index (κ3) is 3.13. The van der Waals surface area contributed by atoms with Crippen LogP contribution in [0.5, 0.6) is 0 Å². The average molecular weight is 302 g/mol. The molecule has 1 aromatic rings. The van der Waals surface area contributed by atoms with Gasteiger partial charge in [0.1, 0.15) is 0 Å². The van der Waals surface area contributed by atoms with E-state index < -0.39 is 4.92 Å². The first-order valence-corrected chi connectivity index (χ1v) is 6.11. The Balaban J connectivity index is 2.06. The van der Waals surface area contributed by atoms with Crippen molar-refractivity contribution in [1.29, 1.82) is 0 Å². The second kappa shape index (κ2) is 5.42. The van der Waals surface area contributed by atoms with Crippen LogP contribution in [0.15, 0.2) is 16.7 Å². The van der Waals surface area contributed by atoms with Crippen molar-refractivity contribution in [3.63, 3.8) is 0 Å². The molecule has 0 saturated carbocycles. The minimum Gasteiger partial charge on any atom is -0.376 e. The zero-order valence-corrected chi connectivity index (χ0v) is 10.6. The summed E-state index contributed by atoms with van der Waals surface area (Å²) >= 11 is 3.16. The van der Waals surface area contributed by atoms with E-state index in [0.717, 1.165) is 19.4 Å². The Morgan fingerprint density at radius 2 is 2.53 bits per heavy atom. The molecule has 0 bridgehead atoms. The first kappa shape index (κ1) is 12.3. The second-order valence-corrected chi connectivity index (χ2v) is 4.71. The molecule has 1 atom stereocenters. The molecule has 1 aliphatic heterocycles. The number of nitrogens with zero attached hydrogens (tertiary/aromatic N) is 2. The molecule has 1 N–H and O–H groups in total. The first-order valence-electron chi connectivity index (χ1n) is 5.32. The van der Waals surface area contributed by atoms with Crippen LogP contribution in [0.4, 0.5) is 11.5 Å². The fourth-order valence-electron chi connectivity index (χ4n) is 1.72. The molecular weight excluding hydrogens is 290 g/mol. The van der Waals surface area contributed by atoms with Gasteiger partial charge in [-0.1, -0.05) is 0 Å². The SMILES string of the molecule is O=[N+]([O-])c1cc(Br)cnc1NC[C@@H]1CCCO1. The fraction of sp³-hybridized carbons (Fsp3) is 0.500. The molecule has 0 amide bonds. The van der Waals surface area contributed by atoms with Crippen LogP contribution in [0.1, 0.15) is 12.8 Å². The Morgan fingerprint density at radius 1 is 1.71 bits per heavy atom. The average Bonchev–Trinajstić information content (AvgIpc) is 2.80. The highest BCUT2D eigenvalue weighted by Crippen LogP contribution is 2.25. The van der Waals surface area contributed by atoms with Crippen LogP contribution in [0.25, 0.3) is 0 Å². The van der Waals surface area contributed by atoms with Crippen LogP contribution in [0.2, 0.25) is 0 Å². The summed E-state index contributed by atoms with van der Waals surface area (Å²) in [4.78, 5) is 14.4. The van der Waals surface area contributed by atoms with Crippen LogP contribution in [-0.4, -0.2) is 29.2 Å². The van der Waals surface area contributed by atoms with E-state index in [1.54, 1.807) is 0 Å². The first-order chi connectivity index (χ1) is 8.16. The lowest BCUT2D eigenvalue weighted by atomic mass is 10.2. The van der Waals surface area contributed by atoms with E-state index in [4.69, 9.17) is 4.74 Å². The van der Waals surface area contributed by atoms with Gasteiger partial charge in [0.25, 0.3) is 0 Å². The molecule has 0 aromatic carbocycles. The highest BCUT2D eigenvalue weighted by molar-refractivity contribution is 9.10. The van der Waals surface area contributed by atoms with Crippen LogP contribution in [0.3, 0.4) is 0 Å². The van der Waals surface area contributed by atoms with Crippen molar-refractivity contribution in [1.82, 2.24) is 4.98 Å². The van der Waals surface area contributed by atoms with Crippen molar-refractivity contribution in [3.8, 4) is 0 Å². The number of ether oxygens (including phenoxy) is 1. The third-order valence-corrected chi connectivity index (χ3v) is 2.99. The number of rotatable bonds is 4. The van der Waals surface area contributed by atoms with E-state index in [2.05, 4.69) is 26.2 Å². The van der Waals surface area contributed by atoms with Crippen molar-refractivity contribution in [2.45, 2.75) is 18.9 Å². The summed E-state index contributed by atoms with van der Waals surface area (Å²) in [6.45, 7) is 1.32. The standard InChI is InChI=1S/C10H12BrN3O3/c11-7-4-9(14(15)16)10(12-5-7)13-6-8-2-1-3-17-8/h4-5,8H,1-3,6H2,(H,12,13)/t8-/m0/s1. The lowest BCUT2D eigenvalue weighted by Gasteiger charge is -2.11. The zero-order chi connectivity index (χ0) is 12.3. The van der Waals surface area contributed by atoms with E-state index in [1.165, 1.54) is 12.3 Å². The summed E-state index contributed by atoms with van der Waals surface area (Å²) in [7, 11) is 0. The van der Waals surface area contributed by atoms with Gasteiger partial charge in [-0.25, -0.2) is 4.98 Å². The van der Waals surface area contributed by atoms with Crippen LogP contribution in [-0.2, 0) is 4.74 Å². The van der Waals surface area contributed by atoms with Gasteiger partial charge in [0.2, 0.25) is 5.82 Å². The number of aromatic nitrogens is 1. The van der Waals surface area contributed by atoms with E-state index in [9.17, 15) is 10.1 Å². The Morgan fingerprint density at radius 3 is 3.18 bits per heavy atom. The smallest absolute Gasteiger partial charge is 0.312 e. The van der Waals surface area contributed by atoms with Crippen molar-refractivity contribution in [2.24, 2.45) is 0 Å². The Labute approximate surface area is 107 Å². The van der Waals surface area contributed by atoms with E-state index in [0.29, 0.717) is 11.0 Å². The lowest BCUT2D eigenvalue weighted by molar-refractivity contribution is -0.384. The molecule has 17 heavy (non-hydrogen) atoms. The van der Waals surface area contributed by atoms with Crippen LogP contribution < -0.4 is 5.32 Å². The van der Waals surface area contributed by atoms with Crippen molar-refractivity contribution in [3.05, 3.63) is 26.9 Å². The van der Waals surface area contributed by atoms with Gasteiger partial charge in [-0.05, 0) is 28.8 Å². The normalized spacial score (nSPS) is 19.2. The largest absolute Gasteiger partial charge is 0.376 e. The van der Waals surface area contributed by atoms with E-state index in [1.807, 2.05) is 0 Å². The number of hydrogen-bond acceptors (Lipinski definition) is 5. The number of hydrogen-bond donors (Lipinski definition) is 1. The van der Waals surface area contributed by atoms with Crippen molar-refractivity contribution < 1.29 is 9.66 Å². The van der Waals surface area contributed by atoms with Gasteiger partial charge in [0.15, 0.2) is 0 Å². The van der Waals surface area contributed by atoms with Gasteiger partial charge in [-0.15, -0.1) is 0 Å². The fourth-order valence-corrected chi connectivity index (χ4v) is 2.04. The van der Waals surface area contributed by atoms with Gasteiger partial charge in [0.05, 0.1) is 11.0 Å². The minimum atomic E-state index is -0.449. The zero-order valence-electron chi connectivity index (χ0n) is 9.06. The number of anilines is 1. The Hall–Kier alpha value is -1.21. The lowest BCUT2D eigenvalue weighted by Crippen LogP contribution is -2.19. The molecule has 1 aromatic heterocycles. The molecule has 6 nitrogen and oxygen atoms in total. The minimum absolute atomic E-state index is 0.0302. The summed E-state index contributed by atoms with van der Waals surface area (Å²) in [5, 5.41) is 13.8. The molecule has 1 aliphatic rings. The van der Waals surface area contributed by atoms with Gasteiger partial charge in [0, 0.05) is 29.9 Å². The van der Waals surface area contributed by atoms with Gasteiger partial charge in [-0.2, -0.15) is 0 Å². The molecule has 1 saturated heterocycles. The molecule has 7 heteroatoms. The molecule has 2 rings (SSSR count). The third-order valence-electron chi connectivity index (χ3n) is 2.55. The van der Waals surface area contributed by atoms with Crippen molar-refractivity contribution in [2.75, 3.05) is 18.5 Å².